The summed E-state index contributed by atoms with van der Waals surface area (Å²) in [4.78, 5) is 45.8. The number of benzene rings is 1. The molecule has 1 aromatic heterocycles. The van der Waals surface area contributed by atoms with Gasteiger partial charge in [-0.1, -0.05) is 37.6 Å². The normalized spacial score (nSPS) is 16.2. The zero-order valence-corrected chi connectivity index (χ0v) is 19.0. The summed E-state index contributed by atoms with van der Waals surface area (Å²) in [5, 5.41) is 2.72. The maximum atomic E-state index is 13.7. The monoisotopic (exact) mass is 463 g/mol. The summed E-state index contributed by atoms with van der Waals surface area (Å²) in [7, 11) is 0. The fraction of sp³-hybridized carbons (Fsp3) is 0.308. The number of pyridine rings is 1. The number of fused-ring (bicyclic) bond motifs is 1. The van der Waals surface area contributed by atoms with Crippen molar-refractivity contribution in [2.45, 2.75) is 26.2 Å². The summed E-state index contributed by atoms with van der Waals surface area (Å²) in [6, 6.07) is 7.56. The van der Waals surface area contributed by atoms with Crippen molar-refractivity contribution >= 4 is 29.6 Å². The lowest BCUT2D eigenvalue weighted by Gasteiger charge is -2.33. The molecule has 0 unspecified atom stereocenters. The van der Waals surface area contributed by atoms with Crippen LogP contribution in [0, 0.1) is 5.82 Å². The SMILES string of the molecule is CCCCC(=O)NC1=C(N2CCOCC2)C(=O)c2nccc(/C=C/c3ccc(F)cc3)c2C1=O. The van der Waals surface area contributed by atoms with Crippen LogP contribution in [0.3, 0.4) is 0 Å². The third-order valence-corrected chi connectivity index (χ3v) is 5.78. The van der Waals surface area contributed by atoms with Crippen molar-refractivity contribution in [3.63, 3.8) is 0 Å². The van der Waals surface area contributed by atoms with Gasteiger partial charge in [-0.15, -0.1) is 0 Å². The Morgan fingerprint density at radius 3 is 2.56 bits per heavy atom. The van der Waals surface area contributed by atoms with Crippen molar-refractivity contribution in [3.05, 3.63) is 76.1 Å². The van der Waals surface area contributed by atoms with Gasteiger partial charge in [0.1, 0.15) is 22.9 Å². The first-order valence-electron chi connectivity index (χ1n) is 11.4. The van der Waals surface area contributed by atoms with Gasteiger partial charge >= 0.3 is 0 Å². The minimum Gasteiger partial charge on any atom is -0.378 e. The van der Waals surface area contributed by atoms with Crippen molar-refractivity contribution in [2.75, 3.05) is 26.3 Å². The van der Waals surface area contributed by atoms with Crippen molar-refractivity contribution in [1.29, 1.82) is 0 Å². The predicted molar refractivity (Wildman–Crippen MR) is 125 cm³/mol. The van der Waals surface area contributed by atoms with Gasteiger partial charge in [-0.2, -0.15) is 0 Å². The first-order valence-corrected chi connectivity index (χ1v) is 11.4. The third-order valence-electron chi connectivity index (χ3n) is 5.78. The smallest absolute Gasteiger partial charge is 0.230 e. The lowest BCUT2D eigenvalue weighted by Crippen LogP contribution is -2.44. The van der Waals surface area contributed by atoms with E-state index in [0.29, 0.717) is 38.3 Å². The van der Waals surface area contributed by atoms with Crippen LogP contribution < -0.4 is 5.32 Å². The number of nitrogens with zero attached hydrogens (tertiary/aromatic N) is 2. The average molecular weight is 464 g/mol. The van der Waals surface area contributed by atoms with Crippen molar-refractivity contribution < 1.29 is 23.5 Å². The number of aromatic nitrogens is 1. The van der Waals surface area contributed by atoms with Crippen LogP contribution in [0.4, 0.5) is 4.39 Å². The molecule has 2 heterocycles. The van der Waals surface area contributed by atoms with Crippen LogP contribution in [0.25, 0.3) is 12.2 Å². The molecule has 7 nitrogen and oxygen atoms in total. The molecule has 1 aliphatic carbocycles. The van der Waals surface area contributed by atoms with Crippen LogP contribution in [-0.4, -0.2) is 53.7 Å². The Morgan fingerprint density at radius 1 is 1.12 bits per heavy atom. The van der Waals surface area contributed by atoms with Crippen LogP contribution in [-0.2, 0) is 9.53 Å². The molecule has 1 aliphatic heterocycles. The first kappa shape index (κ1) is 23.5. The Balaban J connectivity index is 1.75. The molecule has 8 heteroatoms. The molecule has 2 aromatic rings. The summed E-state index contributed by atoms with van der Waals surface area (Å²) >= 11 is 0. The maximum absolute atomic E-state index is 13.7. The van der Waals surface area contributed by atoms with Gasteiger partial charge in [-0.25, -0.2) is 4.39 Å². The average Bonchev–Trinajstić information content (AvgIpc) is 2.86. The molecule has 4 rings (SSSR count). The van der Waals surface area contributed by atoms with Crippen molar-refractivity contribution in [1.82, 2.24) is 15.2 Å². The zero-order valence-electron chi connectivity index (χ0n) is 19.0. The molecule has 34 heavy (non-hydrogen) atoms. The topological polar surface area (TPSA) is 88.6 Å². The minimum atomic E-state index is -0.451. The summed E-state index contributed by atoms with van der Waals surface area (Å²) in [6.07, 6.45) is 6.67. The molecular formula is C26H26FN3O4. The van der Waals surface area contributed by atoms with Gasteiger partial charge in [0.15, 0.2) is 0 Å². The van der Waals surface area contributed by atoms with E-state index in [1.165, 1.54) is 18.3 Å². The van der Waals surface area contributed by atoms with Crippen LogP contribution >= 0.6 is 0 Å². The molecule has 1 amide bonds. The van der Waals surface area contributed by atoms with E-state index in [0.717, 1.165) is 12.0 Å². The molecular weight excluding hydrogens is 437 g/mol. The Kier molecular flexibility index (Phi) is 7.27. The first-order chi connectivity index (χ1) is 16.5. The molecule has 1 aromatic carbocycles. The standard InChI is InChI=1S/C26H26FN3O4/c1-2-3-4-20(31)29-23-24(30-13-15-34-16-14-30)26(33)22-21(25(23)32)18(11-12-28-22)8-5-17-6-9-19(27)10-7-17/h5-12H,2-4,13-16H2,1H3,(H,29,31)/b8-5+. The Bertz CT molecular complexity index is 1170. The Hall–Kier alpha value is -3.65. The van der Waals surface area contributed by atoms with Crippen LogP contribution in [0.5, 0.6) is 0 Å². The number of amides is 1. The predicted octanol–water partition coefficient (Wildman–Crippen LogP) is 3.62. The molecule has 0 spiro atoms. The number of hydrogen-bond acceptors (Lipinski definition) is 6. The minimum absolute atomic E-state index is 0.00932. The van der Waals surface area contributed by atoms with E-state index < -0.39 is 11.6 Å². The van der Waals surface area contributed by atoms with Gasteiger partial charge < -0.3 is 15.0 Å². The summed E-state index contributed by atoms with van der Waals surface area (Å²) in [6.45, 7) is 3.68. The zero-order chi connectivity index (χ0) is 24.1. The van der Waals surface area contributed by atoms with E-state index in [9.17, 15) is 18.8 Å². The van der Waals surface area contributed by atoms with Crippen molar-refractivity contribution in [3.8, 4) is 0 Å². The van der Waals surface area contributed by atoms with Gasteiger partial charge in [0.25, 0.3) is 0 Å². The van der Waals surface area contributed by atoms with Crippen LogP contribution in [0.15, 0.2) is 47.9 Å². The lowest BCUT2D eigenvalue weighted by molar-refractivity contribution is -0.120. The molecule has 0 saturated carbocycles. The second-order valence-corrected chi connectivity index (χ2v) is 8.14. The highest BCUT2D eigenvalue weighted by Gasteiger charge is 2.38. The van der Waals surface area contributed by atoms with E-state index >= 15 is 0 Å². The van der Waals surface area contributed by atoms with Gasteiger partial charge in [0.05, 0.1) is 18.8 Å². The number of halogens is 1. The van der Waals surface area contributed by atoms with E-state index in [1.807, 2.05) is 6.92 Å². The molecule has 2 aliphatic rings. The Morgan fingerprint density at radius 2 is 1.85 bits per heavy atom. The highest BCUT2D eigenvalue weighted by atomic mass is 19.1. The number of allylic oxidation sites excluding steroid dienone is 2. The van der Waals surface area contributed by atoms with Gasteiger partial charge in [-0.3, -0.25) is 19.4 Å². The van der Waals surface area contributed by atoms with Gasteiger partial charge in [0, 0.05) is 25.7 Å². The number of Topliss-reactive ketones (excluding diaryl/α,β-unsaturated/α-hetero) is 2. The highest BCUT2D eigenvalue weighted by Crippen LogP contribution is 2.30. The van der Waals surface area contributed by atoms with E-state index in [2.05, 4.69) is 10.3 Å². The van der Waals surface area contributed by atoms with Crippen molar-refractivity contribution in [2.24, 2.45) is 0 Å². The number of nitrogens with one attached hydrogen (secondary N) is 1. The molecule has 1 fully saturated rings. The number of ether oxygens (including phenoxy) is 1. The van der Waals surface area contributed by atoms with Gasteiger partial charge in [-0.05, 0) is 35.7 Å². The lowest BCUT2D eigenvalue weighted by atomic mass is 9.89. The fourth-order valence-electron chi connectivity index (χ4n) is 3.99. The quantitative estimate of drug-likeness (QED) is 0.675. The number of carbonyl (C=O) groups is 3. The molecule has 0 radical (unpaired) electrons. The van der Waals surface area contributed by atoms with Gasteiger partial charge in [0.2, 0.25) is 17.5 Å². The maximum Gasteiger partial charge on any atom is 0.230 e. The third kappa shape index (κ3) is 4.97. The number of morpholine rings is 1. The van der Waals surface area contributed by atoms with E-state index in [1.54, 1.807) is 35.3 Å². The van der Waals surface area contributed by atoms with E-state index in [4.69, 9.17) is 4.74 Å². The summed E-state index contributed by atoms with van der Waals surface area (Å²) < 4.78 is 18.6. The largest absolute Gasteiger partial charge is 0.378 e. The van der Waals surface area contributed by atoms with Crippen LogP contribution in [0.1, 0.15) is 58.2 Å². The number of carbonyl (C=O) groups excluding carboxylic acids is 3. The summed E-state index contributed by atoms with van der Waals surface area (Å²) in [5.41, 5.74) is 1.59. The number of ketones is 2. The van der Waals surface area contributed by atoms with E-state index in [-0.39, 0.29) is 40.8 Å². The molecule has 1 N–H and O–H groups in total. The van der Waals surface area contributed by atoms with Crippen LogP contribution in [0.2, 0.25) is 0 Å². The molecule has 176 valence electrons. The molecule has 0 bridgehead atoms. The Labute approximate surface area is 197 Å². The molecule has 1 saturated heterocycles. The second-order valence-electron chi connectivity index (χ2n) is 8.14. The summed E-state index contributed by atoms with van der Waals surface area (Å²) in [5.74, 6) is -1.50. The number of rotatable bonds is 7. The fourth-order valence-corrected chi connectivity index (χ4v) is 3.99. The highest BCUT2D eigenvalue weighted by molar-refractivity contribution is 6.27. The number of hydrogen-bond donors (Lipinski definition) is 1. The number of unbranched alkanes of at least 4 members (excludes halogenated alkanes) is 1. The second kappa shape index (κ2) is 10.5. The molecule has 0 atom stereocenters.